The molecule has 11 aromatic rings. The van der Waals surface area contributed by atoms with Gasteiger partial charge in [0.25, 0.3) is 0 Å². The van der Waals surface area contributed by atoms with E-state index >= 15 is 0 Å². The van der Waals surface area contributed by atoms with Crippen molar-refractivity contribution in [2.45, 2.75) is 6.17 Å². The summed E-state index contributed by atoms with van der Waals surface area (Å²) in [6.07, 6.45) is 1.77. The van der Waals surface area contributed by atoms with E-state index in [-0.39, 0.29) is 6.17 Å². The molecule has 0 spiro atoms. The molecule has 8 aromatic carbocycles. The zero-order valence-electron chi connectivity index (χ0n) is 30.9. The van der Waals surface area contributed by atoms with Gasteiger partial charge in [-0.25, -0.2) is 4.98 Å². The summed E-state index contributed by atoms with van der Waals surface area (Å²) in [5.74, 6) is 0.899. The summed E-state index contributed by atoms with van der Waals surface area (Å²) in [5, 5.41) is 11.4. The molecule has 5 heteroatoms. The molecule has 1 aliphatic rings. The molecule has 1 unspecified atom stereocenters. The number of pyridine rings is 1. The van der Waals surface area contributed by atoms with Crippen molar-refractivity contribution >= 4 is 71.6 Å². The Balaban J connectivity index is 1.10. The van der Waals surface area contributed by atoms with Crippen molar-refractivity contribution in [3.05, 3.63) is 206 Å². The van der Waals surface area contributed by atoms with E-state index in [2.05, 4.69) is 213 Å². The van der Waals surface area contributed by atoms with Gasteiger partial charge < -0.3 is 14.5 Å². The summed E-state index contributed by atoms with van der Waals surface area (Å²) in [5.41, 5.74) is 12.3. The Labute approximate surface area is 329 Å². The van der Waals surface area contributed by atoms with Crippen molar-refractivity contribution in [1.82, 2.24) is 14.1 Å². The summed E-state index contributed by atoms with van der Waals surface area (Å²) in [7, 11) is 0. The van der Waals surface area contributed by atoms with Crippen LogP contribution in [0.5, 0.6) is 0 Å². The third-order valence-electron chi connectivity index (χ3n) is 11.7. The Morgan fingerprint density at radius 1 is 0.404 bits per heavy atom. The van der Waals surface area contributed by atoms with Crippen LogP contribution < -0.4 is 10.2 Å². The first kappa shape index (κ1) is 31.7. The first-order valence-corrected chi connectivity index (χ1v) is 19.5. The maximum atomic E-state index is 5.21. The zero-order valence-corrected chi connectivity index (χ0v) is 30.9. The summed E-state index contributed by atoms with van der Waals surface area (Å²) < 4.78 is 4.85. The number of benzene rings is 8. The molecule has 5 nitrogen and oxygen atoms in total. The lowest BCUT2D eigenvalue weighted by Gasteiger charge is -2.28. The number of aromatic nitrogens is 3. The minimum Gasteiger partial charge on any atom is -0.358 e. The largest absolute Gasteiger partial charge is 0.358 e. The van der Waals surface area contributed by atoms with Crippen LogP contribution in [-0.4, -0.2) is 14.1 Å². The van der Waals surface area contributed by atoms with Crippen molar-refractivity contribution < 1.29 is 0 Å². The van der Waals surface area contributed by atoms with Gasteiger partial charge in [-0.15, -0.1) is 0 Å². The lowest BCUT2D eigenvalue weighted by molar-refractivity contribution is 0.817. The molecule has 1 aliphatic heterocycles. The van der Waals surface area contributed by atoms with Crippen LogP contribution in [0.1, 0.15) is 11.7 Å². The summed E-state index contributed by atoms with van der Waals surface area (Å²) in [6, 6.07) is 70.1. The van der Waals surface area contributed by atoms with Gasteiger partial charge in [-0.2, -0.15) is 0 Å². The monoisotopic (exact) mass is 729 g/mol. The molecule has 3 aromatic heterocycles. The Kier molecular flexibility index (Phi) is 6.92. The van der Waals surface area contributed by atoms with E-state index in [0.29, 0.717) is 0 Å². The fourth-order valence-corrected chi connectivity index (χ4v) is 9.14. The van der Waals surface area contributed by atoms with E-state index in [0.717, 1.165) is 45.3 Å². The maximum Gasteiger partial charge on any atom is 0.158 e. The Bertz CT molecular complexity index is 3120. The fraction of sp³-hybridized carbons (Fsp3) is 0.0192. The smallest absolute Gasteiger partial charge is 0.158 e. The van der Waals surface area contributed by atoms with Crippen LogP contribution in [0.25, 0.3) is 76.9 Å². The highest BCUT2D eigenvalue weighted by atomic mass is 15.4. The number of hydrogen-bond acceptors (Lipinski definition) is 3. The summed E-state index contributed by atoms with van der Waals surface area (Å²) in [4.78, 5) is 7.56. The van der Waals surface area contributed by atoms with Gasteiger partial charge >= 0.3 is 0 Å². The topological polar surface area (TPSA) is 38.0 Å². The van der Waals surface area contributed by atoms with Crippen LogP contribution in [0.3, 0.4) is 0 Å². The zero-order chi connectivity index (χ0) is 37.5. The summed E-state index contributed by atoms with van der Waals surface area (Å²) in [6.45, 7) is 0. The van der Waals surface area contributed by atoms with E-state index in [1.165, 1.54) is 54.4 Å². The van der Waals surface area contributed by atoms with Crippen LogP contribution in [0, 0.1) is 0 Å². The molecule has 0 bridgehead atoms. The standard InChI is InChI=1S/C52H35N5/c1-2-16-39(17-3-1)57-51(54-46-31-38(33-53-52(46)57)36-27-26-34-14-4-5-15-35(34)28-36)37-29-40(55-47-22-10-6-18-42(47)43-19-7-11-23-48(43)55)32-41(30-37)56-49-24-12-8-20-44(49)45-21-9-13-25-50(45)56/h1-33,51,54H. The van der Waals surface area contributed by atoms with Crippen molar-refractivity contribution in [2.24, 2.45) is 0 Å². The van der Waals surface area contributed by atoms with Crippen LogP contribution in [0.2, 0.25) is 0 Å². The second kappa shape index (κ2) is 12.4. The number of para-hydroxylation sites is 5. The van der Waals surface area contributed by atoms with Crippen molar-refractivity contribution in [2.75, 3.05) is 10.2 Å². The molecule has 0 aliphatic carbocycles. The highest BCUT2D eigenvalue weighted by Crippen LogP contribution is 2.47. The SMILES string of the molecule is c1ccc(N2c3ncc(-c4ccc5ccccc5c4)cc3NC2c2cc(-n3c4ccccc4c4ccccc43)cc(-n3c4ccccc4c4ccccc43)c2)cc1. The van der Waals surface area contributed by atoms with Gasteiger partial charge in [0.05, 0.1) is 27.8 Å². The molecule has 268 valence electrons. The molecular formula is C52H35N5. The van der Waals surface area contributed by atoms with Gasteiger partial charge in [-0.1, -0.05) is 127 Å². The van der Waals surface area contributed by atoms with Crippen molar-refractivity contribution in [1.29, 1.82) is 0 Å². The molecule has 57 heavy (non-hydrogen) atoms. The average molecular weight is 730 g/mol. The van der Waals surface area contributed by atoms with Crippen molar-refractivity contribution in [3.8, 4) is 22.5 Å². The lowest BCUT2D eigenvalue weighted by Crippen LogP contribution is -2.24. The van der Waals surface area contributed by atoms with Crippen LogP contribution in [0.4, 0.5) is 17.2 Å². The van der Waals surface area contributed by atoms with Gasteiger partial charge in [0.1, 0.15) is 6.17 Å². The number of fused-ring (bicyclic) bond motifs is 8. The third kappa shape index (κ3) is 4.92. The predicted molar refractivity (Wildman–Crippen MR) is 237 cm³/mol. The first-order valence-electron chi connectivity index (χ1n) is 19.5. The van der Waals surface area contributed by atoms with Crippen molar-refractivity contribution in [3.63, 3.8) is 0 Å². The highest BCUT2D eigenvalue weighted by Gasteiger charge is 2.34. The van der Waals surface area contributed by atoms with E-state index in [1.54, 1.807) is 0 Å². The second-order valence-corrected chi connectivity index (χ2v) is 14.9. The fourth-order valence-electron chi connectivity index (χ4n) is 9.14. The molecule has 0 fully saturated rings. The van der Waals surface area contributed by atoms with Crippen LogP contribution >= 0.6 is 0 Å². The molecule has 0 saturated heterocycles. The Morgan fingerprint density at radius 2 is 0.912 bits per heavy atom. The van der Waals surface area contributed by atoms with Gasteiger partial charge in [-0.3, -0.25) is 4.90 Å². The van der Waals surface area contributed by atoms with E-state index in [4.69, 9.17) is 4.98 Å². The minimum absolute atomic E-state index is 0.248. The molecule has 4 heterocycles. The Morgan fingerprint density at radius 3 is 1.49 bits per heavy atom. The highest BCUT2D eigenvalue weighted by molar-refractivity contribution is 6.10. The lowest BCUT2D eigenvalue weighted by atomic mass is 10.0. The Hall–Kier alpha value is -7.63. The van der Waals surface area contributed by atoms with E-state index in [9.17, 15) is 0 Å². The van der Waals surface area contributed by atoms with Crippen LogP contribution in [0.15, 0.2) is 200 Å². The number of nitrogens with one attached hydrogen (secondary N) is 1. The van der Waals surface area contributed by atoms with Gasteiger partial charge in [0.15, 0.2) is 5.82 Å². The van der Waals surface area contributed by atoms with Crippen LogP contribution in [-0.2, 0) is 0 Å². The average Bonchev–Trinajstić information content (AvgIpc) is 3.94. The van der Waals surface area contributed by atoms with Gasteiger partial charge in [-0.05, 0) is 88.6 Å². The number of hydrogen-bond donors (Lipinski definition) is 1. The molecular weight excluding hydrogens is 695 g/mol. The number of nitrogens with zero attached hydrogens (tertiary/aromatic N) is 4. The quantitative estimate of drug-likeness (QED) is 0.192. The molecule has 0 amide bonds. The van der Waals surface area contributed by atoms with E-state index < -0.39 is 0 Å². The third-order valence-corrected chi connectivity index (χ3v) is 11.7. The number of anilines is 3. The van der Waals surface area contributed by atoms with Gasteiger partial charge in [0, 0.05) is 50.4 Å². The molecule has 1 N–H and O–H groups in total. The molecule has 0 radical (unpaired) electrons. The summed E-state index contributed by atoms with van der Waals surface area (Å²) >= 11 is 0. The van der Waals surface area contributed by atoms with E-state index in [1.807, 2.05) is 6.20 Å². The molecule has 0 saturated carbocycles. The molecule has 1 atom stereocenters. The minimum atomic E-state index is -0.248. The molecule has 12 rings (SSSR count). The first-order chi connectivity index (χ1) is 28.3. The normalized spacial score (nSPS) is 13.9. The maximum absolute atomic E-state index is 5.21. The van der Waals surface area contributed by atoms with Gasteiger partial charge in [0.2, 0.25) is 0 Å². The number of rotatable bonds is 5. The second-order valence-electron chi connectivity index (χ2n) is 14.9. The predicted octanol–water partition coefficient (Wildman–Crippen LogP) is 13.4.